The third-order valence-corrected chi connectivity index (χ3v) is 13.5. The average Bonchev–Trinajstić information content (AvgIpc) is 1.83. The van der Waals surface area contributed by atoms with Gasteiger partial charge in [-0.25, -0.2) is 0 Å². The number of hydrogen-bond acceptors (Lipinski definition) is 0. The second kappa shape index (κ2) is 6.23. The fourth-order valence-electron chi connectivity index (χ4n) is 0.771. The van der Waals surface area contributed by atoms with Crippen molar-refractivity contribution in [1.82, 2.24) is 0 Å². The van der Waals surface area contributed by atoms with E-state index < -0.39 is 14.0 Å². The molecule has 0 radical (unpaired) electrons. The molecular weight excluding hydrogens is 217 g/mol. The van der Waals surface area contributed by atoms with Gasteiger partial charge in [0.2, 0.25) is 0 Å². The molecule has 8 heavy (non-hydrogen) atoms. The topological polar surface area (TPSA) is 0 Å². The predicted octanol–water partition coefficient (Wildman–Crippen LogP) is 3.57. The maximum atomic E-state index is 3.79. The maximum absolute atomic E-state index is 3.79. The van der Waals surface area contributed by atoms with Crippen molar-refractivity contribution in [3.05, 3.63) is 0 Å². The Balaban J connectivity index is 2.86. The van der Waals surface area contributed by atoms with Gasteiger partial charge in [0, 0.05) is 0 Å². The summed E-state index contributed by atoms with van der Waals surface area (Å²) in [5.74, 6) is 0. The molecule has 0 N–H and O–H groups in total. The van der Waals surface area contributed by atoms with E-state index in [9.17, 15) is 0 Å². The SMILES string of the molecule is CCC[CH2][Zn]([Br])[CH2]C. The molecule has 0 aromatic carbocycles. The Hall–Kier alpha value is 1.10. The molecule has 0 amide bonds. The van der Waals surface area contributed by atoms with Crippen LogP contribution in [0.15, 0.2) is 0 Å². The first kappa shape index (κ1) is 9.10. The average molecular weight is 231 g/mol. The Morgan fingerprint density at radius 2 is 2.00 bits per heavy atom. The molecule has 2 heteroatoms. The van der Waals surface area contributed by atoms with Gasteiger partial charge in [0.05, 0.1) is 0 Å². The fourth-order valence-corrected chi connectivity index (χ4v) is 6.07. The summed E-state index contributed by atoms with van der Waals surface area (Å²) in [4.78, 5) is 0. The Morgan fingerprint density at radius 1 is 1.38 bits per heavy atom. The van der Waals surface area contributed by atoms with E-state index in [1.54, 1.807) is 5.02 Å². The molecule has 0 saturated heterocycles. The second-order valence-corrected chi connectivity index (χ2v) is 17.3. The van der Waals surface area contributed by atoms with E-state index in [-0.39, 0.29) is 0 Å². The molecule has 0 aromatic heterocycles. The third kappa shape index (κ3) is 5.24. The normalized spacial score (nSPS) is 9.38. The zero-order chi connectivity index (χ0) is 6.41. The summed E-state index contributed by atoms with van der Waals surface area (Å²) in [7, 11) is 0. The van der Waals surface area contributed by atoms with Crippen LogP contribution in [0.2, 0.25) is 10.0 Å². The van der Waals surface area contributed by atoms with E-state index in [2.05, 4.69) is 27.5 Å². The molecule has 0 fully saturated rings. The van der Waals surface area contributed by atoms with Crippen molar-refractivity contribution >= 4 is 13.6 Å². The first-order valence-electron chi connectivity index (χ1n) is 3.68. The molecule has 0 spiro atoms. The zero-order valence-corrected chi connectivity index (χ0v) is 10.5. The van der Waals surface area contributed by atoms with Gasteiger partial charge in [-0.3, -0.25) is 0 Å². The minimum atomic E-state index is -0.963. The summed E-state index contributed by atoms with van der Waals surface area (Å²) in [6.07, 6.45) is 2.83. The third-order valence-electron chi connectivity index (χ3n) is 1.53. The minimum absolute atomic E-state index is 0.963. The van der Waals surface area contributed by atoms with Crippen LogP contribution in [0.1, 0.15) is 26.7 Å². The first-order valence-corrected chi connectivity index (χ1v) is 14.8. The van der Waals surface area contributed by atoms with Gasteiger partial charge in [-0.05, 0) is 0 Å². The number of unbranched alkanes of at least 4 members (excludes halogenated alkanes) is 1. The van der Waals surface area contributed by atoms with E-state index in [4.69, 9.17) is 0 Å². The summed E-state index contributed by atoms with van der Waals surface area (Å²) in [5, 5.41) is 3.02. The van der Waals surface area contributed by atoms with Gasteiger partial charge in [0.1, 0.15) is 0 Å². The van der Waals surface area contributed by atoms with E-state index in [0.29, 0.717) is 0 Å². The van der Waals surface area contributed by atoms with E-state index in [1.807, 2.05) is 0 Å². The Morgan fingerprint density at radius 3 is 2.38 bits per heavy atom. The molecule has 0 unspecified atom stereocenters. The van der Waals surface area contributed by atoms with Crippen molar-refractivity contribution in [2.75, 3.05) is 0 Å². The summed E-state index contributed by atoms with van der Waals surface area (Å²) in [6.45, 7) is 4.57. The molecule has 0 nitrogen and oxygen atoms in total. The van der Waals surface area contributed by atoms with Crippen LogP contribution in [0.5, 0.6) is 0 Å². The summed E-state index contributed by atoms with van der Waals surface area (Å²) in [5.41, 5.74) is 0. The molecule has 0 heterocycles. The molecule has 0 rings (SSSR count). The van der Waals surface area contributed by atoms with Crippen molar-refractivity contribution in [2.45, 2.75) is 36.7 Å². The van der Waals surface area contributed by atoms with Crippen LogP contribution in [0, 0.1) is 0 Å². The first-order chi connectivity index (χ1) is 3.81. The van der Waals surface area contributed by atoms with Crippen LogP contribution in [0.3, 0.4) is 0 Å². The zero-order valence-electron chi connectivity index (χ0n) is 5.91. The molecular formula is C6H14BrZn. The Labute approximate surface area is 64.3 Å². The van der Waals surface area contributed by atoms with Gasteiger partial charge >= 0.3 is 64.3 Å². The molecule has 0 aromatic rings. The standard InChI is InChI=1S/C4H9.C2H5.BrH.Zn/c1-3-4-2;1-2;;/h1,3-4H2,2H3;1H2,2H3;1H;/q;;;+1/p-1. The van der Waals surface area contributed by atoms with Crippen molar-refractivity contribution in [3.8, 4) is 0 Å². The molecule has 0 aliphatic rings. The molecule has 0 aliphatic heterocycles. The summed E-state index contributed by atoms with van der Waals surface area (Å²) in [6, 6.07) is 0. The molecule has 0 aliphatic carbocycles. The van der Waals surface area contributed by atoms with Crippen molar-refractivity contribution in [1.29, 1.82) is 0 Å². The van der Waals surface area contributed by atoms with E-state index in [0.717, 1.165) is 0 Å². The van der Waals surface area contributed by atoms with Crippen LogP contribution in [-0.4, -0.2) is 0 Å². The van der Waals surface area contributed by atoms with Crippen molar-refractivity contribution in [3.63, 3.8) is 0 Å². The van der Waals surface area contributed by atoms with Crippen LogP contribution in [0.25, 0.3) is 0 Å². The van der Waals surface area contributed by atoms with Gasteiger partial charge in [0.15, 0.2) is 0 Å². The number of halogens is 1. The van der Waals surface area contributed by atoms with Crippen LogP contribution in [0.4, 0.5) is 0 Å². The summed E-state index contributed by atoms with van der Waals surface area (Å²) >= 11 is 2.82. The van der Waals surface area contributed by atoms with Gasteiger partial charge in [0.25, 0.3) is 0 Å². The van der Waals surface area contributed by atoms with Gasteiger partial charge < -0.3 is 0 Å². The van der Waals surface area contributed by atoms with Crippen molar-refractivity contribution < 1.29 is 14.0 Å². The van der Waals surface area contributed by atoms with Gasteiger partial charge in [-0.15, -0.1) is 0 Å². The molecule has 0 saturated carbocycles. The van der Waals surface area contributed by atoms with Gasteiger partial charge in [-0.2, -0.15) is 0 Å². The van der Waals surface area contributed by atoms with Crippen molar-refractivity contribution in [2.24, 2.45) is 0 Å². The molecule has 0 atom stereocenters. The Kier molecular flexibility index (Phi) is 7.09. The van der Waals surface area contributed by atoms with Crippen LogP contribution < -0.4 is 0 Å². The summed E-state index contributed by atoms with van der Waals surface area (Å²) < 4.78 is 0. The quantitative estimate of drug-likeness (QED) is 0.649. The van der Waals surface area contributed by atoms with Crippen LogP contribution in [-0.2, 0) is 14.0 Å². The van der Waals surface area contributed by atoms with E-state index >= 15 is 0 Å². The fraction of sp³-hybridized carbons (Fsp3) is 1.00. The Bertz CT molecular complexity index is 47.8. The number of rotatable bonds is 4. The van der Waals surface area contributed by atoms with Gasteiger partial charge in [-0.1, -0.05) is 0 Å². The monoisotopic (exact) mass is 229 g/mol. The molecule has 47 valence electrons. The molecule has 0 bridgehead atoms. The number of hydrogen-bond donors (Lipinski definition) is 0. The van der Waals surface area contributed by atoms with Crippen LogP contribution >= 0.6 is 13.6 Å². The predicted molar refractivity (Wildman–Crippen MR) is 39.1 cm³/mol. The second-order valence-electron chi connectivity index (χ2n) is 2.44. The van der Waals surface area contributed by atoms with E-state index in [1.165, 1.54) is 17.9 Å².